The average Bonchev–Trinajstić information content (AvgIpc) is 3.33. The summed E-state index contributed by atoms with van der Waals surface area (Å²) in [5.41, 5.74) is 0. The zero-order valence-corrected chi connectivity index (χ0v) is 43.6. The summed E-state index contributed by atoms with van der Waals surface area (Å²) in [6.45, 7) is 6.38. The lowest BCUT2D eigenvalue weighted by atomic mass is 10.1. The predicted molar refractivity (Wildman–Crippen MR) is 288 cm³/mol. The highest BCUT2D eigenvalue weighted by molar-refractivity contribution is 5.71. The molecule has 0 aliphatic carbocycles. The highest BCUT2D eigenvalue weighted by Gasteiger charge is 2.19. The Morgan fingerprint density at radius 2 is 0.582 bits per heavy atom. The van der Waals surface area contributed by atoms with Gasteiger partial charge in [0.2, 0.25) is 0 Å². The third-order valence-electron chi connectivity index (χ3n) is 11.6. The van der Waals surface area contributed by atoms with E-state index in [1.165, 1.54) is 70.6 Å². The van der Waals surface area contributed by atoms with Crippen molar-refractivity contribution in [2.45, 2.75) is 258 Å². The molecule has 0 spiro atoms. The van der Waals surface area contributed by atoms with E-state index in [4.69, 9.17) is 14.2 Å². The van der Waals surface area contributed by atoms with Crippen LogP contribution in [0.15, 0.2) is 97.2 Å². The van der Waals surface area contributed by atoms with Crippen LogP contribution in [0.25, 0.3) is 0 Å². The summed E-state index contributed by atoms with van der Waals surface area (Å²) in [4.78, 5) is 38.1. The molecule has 0 aromatic carbocycles. The fourth-order valence-electron chi connectivity index (χ4n) is 7.44. The van der Waals surface area contributed by atoms with Gasteiger partial charge in [-0.3, -0.25) is 14.4 Å². The van der Waals surface area contributed by atoms with Gasteiger partial charge < -0.3 is 14.2 Å². The first kappa shape index (κ1) is 63.3. The largest absolute Gasteiger partial charge is 0.462 e. The van der Waals surface area contributed by atoms with Crippen LogP contribution in [-0.4, -0.2) is 37.2 Å². The molecule has 0 heterocycles. The van der Waals surface area contributed by atoms with Crippen molar-refractivity contribution in [2.75, 3.05) is 13.2 Å². The zero-order chi connectivity index (χ0) is 48.6. The summed E-state index contributed by atoms with van der Waals surface area (Å²) in [7, 11) is 0. The molecule has 0 aliphatic rings. The Morgan fingerprint density at radius 1 is 0.313 bits per heavy atom. The lowest BCUT2D eigenvalue weighted by molar-refractivity contribution is -0.167. The van der Waals surface area contributed by atoms with E-state index in [1.54, 1.807) is 0 Å². The van der Waals surface area contributed by atoms with E-state index in [1.807, 2.05) is 0 Å². The maximum absolute atomic E-state index is 12.8. The molecule has 0 N–H and O–H groups in total. The van der Waals surface area contributed by atoms with Crippen LogP contribution in [0.4, 0.5) is 0 Å². The Bertz CT molecular complexity index is 1350. The van der Waals surface area contributed by atoms with Gasteiger partial charge in [-0.2, -0.15) is 0 Å². The van der Waals surface area contributed by atoms with E-state index in [0.717, 1.165) is 141 Å². The maximum atomic E-state index is 12.8. The van der Waals surface area contributed by atoms with Crippen molar-refractivity contribution in [3.63, 3.8) is 0 Å². The normalized spacial score (nSPS) is 12.8. The molecule has 67 heavy (non-hydrogen) atoms. The summed E-state index contributed by atoms with van der Waals surface area (Å²) < 4.78 is 16.8. The molecule has 1 atom stereocenters. The molecule has 1 unspecified atom stereocenters. The minimum atomic E-state index is -0.797. The molecule has 0 saturated heterocycles. The first-order chi connectivity index (χ1) is 33.0. The number of ether oxygens (including phenoxy) is 3. The number of esters is 3. The van der Waals surface area contributed by atoms with Crippen LogP contribution in [0.3, 0.4) is 0 Å². The van der Waals surface area contributed by atoms with Crippen LogP contribution >= 0.6 is 0 Å². The van der Waals surface area contributed by atoms with Crippen molar-refractivity contribution in [2.24, 2.45) is 0 Å². The molecule has 0 amide bonds. The molecule has 0 aromatic heterocycles. The molecule has 0 radical (unpaired) electrons. The van der Waals surface area contributed by atoms with Gasteiger partial charge >= 0.3 is 17.9 Å². The quantitative estimate of drug-likeness (QED) is 0.0262. The van der Waals surface area contributed by atoms with E-state index < -0.39 is 6.10 Å². The predicted octanol–water partition coefficient (Wildman–Crippen LogP) is 18.5. The number of hydrogen-bond acceptors (Lipinski definition) is 6. The molecule has 0 aliphatic heterocycles. The first-order valence-electron chi connectivity index (χ1n) is 27.7. The number of carbonyl (C=O) groups is 3. The van der Waals surface area contributed by atoms with Gasteiger partial charge in [-0.25, -0.2) is 0 Å². The monoisotopic (exact) mass is 931 g/mol. The van der Waals surface area contributed by atoms with E-state index in [2.05, 4.69) is 118 Å². The summed E-state index contributed by atoms with van der Waals surface area (Å²) in [5, 5.41) is 0. The van der Waals surface area contributed by atoms with Crippen molar-refractivity contribution in [1.82, 2.24) is 0 Å². The van der Waals surface area contributed by atoms with E-state index >= 15 is 0 Å². The molecular formula is C61H102O6. The van der Waals surface area contributed by atoms with Gasteiger partial charge in [0.15, 0.2) is 6.10 Å². The second-order valence-electron chi connectivity index (χ2n) is 18.1. The van der Waals surface area contributed by atoms with Crippen LogP contribution in [0, 0.1) is 0 Å². The number of carbonyl (C=O) groups excluding carboxylic acids is 3. The lowest BCUT2D eigenvalue weighted by Gasteiger charge is -2.18. The minimum absolute atomic E-state index is 0.0942. The van der Waals surface area contributed by atoms with Gasteiger partial charge in [0.1, 0.15) is 13.2 Å². The second kappa shape index (κ2) is 54.9. The SMILES string of the molecule is CC/C=C\C/C=C\C/C=C\C/C=C\CCCCCCCCC(=O)OCC(COC(=O)CCCCCCC/C=C\CCCCCCCC)OC(=O)CCCCCCC/C=C\C/C=C\C/C=C\CC. The topological polar surface area (TPSA) is 78.9 Å². The molecule has 0 aromatic rings. The fraction of sp³-hybridized carbons (Fsp3) is 0.689. The lowest BCUT2D eigenvalue weighted by Crippen LogP contribution is -2.30. The van der Waals surface area contributed by atoms with Gasteiger partial charge in [0.25, 0.3) is 0 Å². The van der Waals surface area contributed by atoms with E-state index in [0.29, 0.717) is 19.3 Å². The number of allylic oxidation sites excluding steroid dienone is 16. The van der Waals surface area contributed by atoms with Gasteiger partial charge in [-0.1, -0.05) is 214 Å². The molecule has 6 heteroatoms. The van der Waals surface area contributed by atoms with Crippen LogP contribution in [0.1, 0.15) is 252 Å². The van der Waals surface area contributed by atoms with E-state index in [-0.39, 0.29) is 31.1 Å². The second-order valence-corrected chi connectivity index (χ2v) is 18.1. The smallest absolute Gasteiger partial charge is 0.306 e. The summed E-state index contributed by atoms with van der Waals surface area (Å²) in [6.07, 6.45) is 72.5. The third-order valence-corrected chi connectivity index (χ3v) is 11.6. The Morgan fingerprint density at radius 3 is 0.925 bits per heavy atom. The number of hydrogen-bond donors (Lipinski definition) is 0. The van der Waals surface area contributed by atoms with Crippen LogP contribution in [-0.2, 0) is 28.6 Å². The van der Waals surface area contributed by atoms with Crippen LogP contribution < -0.4 is 0 Å². The minimum Gasteiger partial charge on any atom is -0.462 e. The Labute approximate surface area is 413 Å². The Hall–Kier alpha value is -3.67. The molecule has 0 saturated carbocycles. The summed E-state index contributed by atoms with van der Waals surface area (Å²) in [5.74, 6) is -0.932. The first-order valence-corrected chi connectivity index (χ1v) is 27.7. The number of unbranched alkanes of at least 4 members (excludes halogenated alkanes) is 22. The zero-order valence-electron chi connectivity index (χ0n) is 43.6. The maximum Gasteiger partial charge on any atom is 0.306 e. The highest BCUT2D eigenvalue weighted by atomic mass is 16.6. The van der Waals surface area contributed by atoms with Crippen LogP contribution in [0.5, 0.6) is 0 Å². The van der Waals surface area contributed by atoms with Crippen molar-refractivity contribution in [3.8, 4) is 0 Å². The van der Waals surface area contributed by atoms with Crippen molar-refractivity contribution >= 4 is 17.9 Å². The van der Waals surface area contributed by atoms with Gasteiger partial charge in [-0.15, -0.1) is 0 Å². The molecule has 0 rings (SSSR count). The fourth-order valence-corrected chi connectivity index (χ4v) is 7.44. The molecule has 6 nitrogen and oxygen atoms in total. The molecule has 0 fully saturated rings. The van der Waals surface area contributed by atoms with Gasteiger partial charge in [0, 0.05) is 19.3 Å². The third kappa shape index (κ3) is 53.2. The molecule has 0 bridgehead atoms. The number of rotatable bonds is 49. The Kier molecular flexibility index (Phi) is 51.9. The molecule has 382 valence electrons. The van der Waals surface area contributed by atoms with Crippen molar-refractivity contribution in [3.05, 3.63) is 97.2 Å². The molecular weight excluding hydrogens is 829 g/mol. The highest BCUT2D eigenvalue weighted by Crippen LogP contribution is 2.14. The van der Waals surface area contributed by atoms with Gasteiger partial charge in [-0.05, 0) is 116 Å². The Balaban J connectivity index is 4.45. The van der Waals surface area contributed by atoms with E-state index in [9.17, 15) is 14.4 Å². The standard InChI is InChI=1S/C61H102O6/c1-4-7-10-13-16-19-22-25-28-29-30-31-34-36-39-42-45-48-51-54-60(63)66-57-58(67-61(64)55-52-49-46-43-40-37-33-27-24-21-18-15-12-9-6-3)56-65-59(62)53-50-47-44-41-38-35-32-26-23-20-17-14-11-8-5-2/h7,9-10,12,16,18-19,21,25-28,30-33,58H,4-6,8,11,13-15,17,20,22-24,29,34-57H2,1-3H3/b10-7-,12-9-,19-16-,21-18-,28-25-,31-30-,32-26-,33-27-. The summed E-state index contributed by atoms with van der Waals surface area (Å²) in [6, 6.07) is 0. The van der Waals surface area contributed by atoms with Gasteiger partial charge in [0.05, 0.1) is 0 Å². The van der Waals surface area contributed by atoms with Crippen molar-refractivity contribution in [1.29, 1.82) is 0 Å². The van der Waals surface area contributed by atoms with Crippen molar-refractivity contribution < 1.29 is 28.6 Å². The van der Waals surface area contributed by atoms with Crippen LogP contribution in [0.2, 0.25) is 0 Å². The summed E-state index contributed by atoms with van der Waals surface area (Å²) >= 11 is 0. The average molecular weight is 931 g/mol.